The Bertz CT molecular complexity index is 1150. The Hall–Kier alpha value is -3.30. The molecule has 35 heavy (non-hydrogen) atoms. The van der Waals surface area contributed by atoms with Crippen LogP contribution in [0.4, 0.5) is 33.7 Å². The van der Waals surface area contributed by atoms with Gasteiger partial charge in [-0.3, -0.25) is 4.79 Å². The summed E-state index contributed by atoms with van der Waals surface area (Å²) in [5, 5.41) is 5.88. The lowest BCUT2D eigenvalue weighted by molar-refractivity contribution is -0.138. The smallest absolute Gasteiger partial charge is 0.353 e. The molecule has 2 aromatic rings. The van der Waals surface area contributed by atoms with Crippen molar-refractivity contribution in [1.29, 1.82) is 0 Å². The standard InChI is InChI=1S/C25H26F4N4O2/c26-20-12-17(25(27,28)29)4-7-22(20)31-21-3-1-2-15-13-32(11-9-19(15)21)23(34)16-8-10-33(14-16)24(35)30-18-5-6-18/h1-4,7,12,16,18,31H,5-6,8-11,13-14H2,(H,30,35). The van der Waals surface area contributed by atoms with Crippen molar-refractivity contribution in [1.82, 2.24) is 15.1 Å². The van der Waals surface area contributed by atoms with Gasteiger partial charge >= 0.3 is 12.2 Å². The van der Waals surface area contributed by atoms with Crippen LogP contribution >= 0.6 is 0 Å². The topological polar surface area (TPSA) is 64.7 Å². The Morgan fingerprint density at radius 2 is 1.77 bits per heavy atom. The van der Waals surface area contributed by atoms with Crippen LogP contribution in [0.2, 0.25) is 0 Å². The summed E-state index contributed by atoms with van der Waals surface area (Å²) in [7, 11) is 0. The van der Waals surface area contributed by atoms with E-state index in [0.717, 1.165) is 36.1 Å². The zero-order valence-electron chi connectivity index (χ0n) is 19.0. The van der Waals surface area contributed by atoms with Crippen molar-refractivity contribution in [3.05, 3.63) is 58.9 Å². The summed E-state index contributed by atoms with van der Waals surface area (Å²) >= 11 is 0. The molecule has 1 aliphatic carbocycles. The van der Waals surface area contributed by atoms with E-state index >= 15 is 0 Å². The van der Waals surface area contributed by atoms with Crippen LogP contribution in [0.3, 0.4) is 0 Å². The third kappa shape index (κ3) is 5.06. The Morgan fingerprint density at radius 1 is 0.971 bits per heavy atom. The number of nitrogens with one attached hydrogen (secondary N) is 2. The molecular formula is C25H26F4N4O2. The molecule has 0 radical (unpaired) electrons. The summed E-state index contributed by atoms with van der Waals surface area (Å²) in [5.74, 6) is -1.20. The second-order valence-corrected chi connectivity index (χ2v) is 9.43. The fraction of sp³-hybridized carbons (Fsp3) is 0.440. The highest BCUT2D eigenvalue weighted by molar-refractivity contribution is 5.82. The highest BCUT2D eigenvalue weighted by Crippen LogP contribution is 2.34. The molecule has 6 nitrogen and oxygen atoms in total. The Balaban J connectivity index is 1.24. The number of benzene rings is 2. The number of hydrogen-bond donors (Lipinski definition) is 2. The Kier molecular flexibility index (Phi) is 6.06. The van der Waals surface area contributed by atoms with Crippen LogP contribution in [0.15, 0.2) is 36.4 Å². The van der Waals surface area contributed by atoms with Crippen LogP contribution in [0, 0.1) is 11.7 Å². The summed E-state index contributed by atoms with van der Waals surface area (Å²) in [6.45, 7) is 1.84. The van der Waals surface area contributed by atoms with Crippen molar-refractivity contribution in [2.45, 2.75) is 44.4 Å². The van der Waals surface area contributed by atoms with Gasteiger partial charge in [0.25, 0.3) is 0 Å². The summed E-state index contributed by atoms with van der Waals surface area (Å²) in [6.07, 6.45) is -1.42. The lowest BCUT2D eigenvalue weighted by Crippen LogP contribution is -2.43. The molecule has 3 aliphatic rings. The average molecular weight is 491 g/mol. The van der Waals surface area contributed by atoms with Crippen molar-refractivity contribution in [3.63, 3.8) is 0 Å². The van der Waals surface area contributed by atoms with Crippen molar-refractivity contribution in [3.8, 4) is 0 Å². The molecule has 0 spiro atoms. The van der Waals surface area contributed by atoms with E-state index in [1.165, 1.54) is 0 Å². The third-order valence-corrected chi connectivity index (χ3v) is 6.87. The monoisotopic (exact) mass is 490 g/mol. The normalized spacial score (nSPS) is 19.9. The molecule has 0 aromatic heterocycles. The number of halogens is 4. The van der Waals surface area contributed by atoms with Gasteiger partial charge in [0.15, 0.2) is 0 Å². The maximum atomic E-state index is 14.4. The molecule has 2 heterocycles. The molecule has 2 N–H and O–H groups in total. The summed E-state index contributed by atoms with van der Waals surface area (Å²) < 4.78 is 52.9. The molecule has 186 valence electrons. The molecule has 3 amide bonds. The van der Waals surface area contributed by atoms with Gasteiger partial charge in [-0.25, -0.2) is 9.18 Å². The van der Waals surface area contributed by atoms with Crippen molar-refractivity contribution >= 4 is 23.3 Å². The highest BCUT2D eigenvalue weighted by atomic mass is 19.4. The van der Waals surface area contributed by atoms with Crippen LogP contribution in [0.25, 0.3) is 0 Å². The van der Waals surface area contributed by atoms with Crippen molar-refractivity contribution < 1.29 is 27.2 Å². The third-order valence-electron chi connectivity index (χ3n) is 6.87. The van der Waals surface area contributed by atoms with Gasteiger partial charge in [0.1, 0.15) is 5.82 Å². The van der Waals surface area contributed by atoms with Crippen molar-refractivity contribution in [2.75, 3.05) is 25.0 Å². The molecular weight excluding hydrogens is 464 g/mol. The molecule has 1 atom stereocenters. The molecule has 1 unspecified atom stereocenters. The first kappa shape index (κ1) is 23.4. The van der Waals surface area contributed by atoms with Gasteiger partial charge in [0.05, 0.1) is 17.2 Å². The van der Waals surface area contributed by atoms with Gasteiger partial charge in [-0.15, -0.1) is 0 Å². The zero-order chi connectivity index (χ0) is 24.7. The maximum Gasteiger partial charge on any atom is 0.416 e. The maximum absolute atomic E-state index is 14.4. The number of anilines is 2. The summed E-state index contributed by atoms with van der Waals surface area (Å²) in [6, 6.07) is 8.00. The number of alkyl halides is 3. The van der Waals surface area contributed by atoms with Crippen LogP contribution in [0.1, 0.15) is 36.0 Å². The molecule has 5 rings (SSSR count). The van der Waals surface area contributed by atoms with E-state index in [9.17, 15) is 27.2 Å². The number of likely N-dealkylation sites (tertiary alicyclic amines) is 1. The highest BCUT2D eigenvalue weighted by Gasteiger charge is 2.36. The lowest BCUT2D eigenvalue weighted by Gasteiger charge is -2.32. The quantitative estimate of drug-likeness (QED) is 0.613. The lowest BCUT2D eigenvalue weighted by atomic mass is 9.96. The number of fused-ring (bicyclic) bond motifs is 1. The predicted octanol–water partition coefficient (Wildman–Crippen LogP) is 4.67. The average Bonchev–Trinajstić information content (AvgIpc) is 3.50. The molecule has 10 heteroatoms. The number of rotatable bonds is 4. The second kappa shape index (κ2) is 9.05. The van der Waals surface area contributed by atoms with E-state index in [4.69, 9.17) is 0 Å². The largest absolute Gasteiger partial charge is 0.416 e. The van der Waals surface area contributed by atoms with Gasteiger partial charge in [-0.05, 0) is 61.1 Å². The minimum atomic E-state index is -4.61. The van der Waals surface area contributed by atoms with E-state index in [0.29, 0.717) is 50.8 Å². The van der Waals surface area contributed by atoms with E-state index < -0.39 is 17.6 Å². The number of amides is 3. The predicted molar refractivity (Wildman–Crippen MR) is 121 cm³/mol. The summed E-state index contributed by atoms with van der Waals surface area (Å²) in [5.41, 5.74) is 1.34. The number of urea groups is 1. The van der Waals surface area contributed by atoms with Gasteiger partial charge in [0.2, 0.25) is 5.91 Å². The zero-order valence-corrected chi connectivity index (χ0v) is 19.0. The van der Waals surface area contributed by atoms with Crippen molar-refractivity contribution in [2.24, 2.45) is 5.92 Å². The number of hydrogen-bond acceptors (Lipinski definition) is 3. The fourth-order valence-electron chi connectivity index (χ4n) is 4.75. The van der Waals surface area contributed by atoms with E-state index in [-0.39, 0.29) is 29.6 Å². The minimum absolute atomic E-state index is 0.0181. The van der Waals surface area contributed by atoms with Crippen LogP contribution in [-0.4, -0.2) is 47.4 Å². The van der Waals surface area contributed by atoms with Gasteiger partial charge in [-0.2, -0.15) is 13.2 Å². The summed E-state index contributed by atoms with van der Waals surface area (Å²) in [4.78, 5) is 28.9. The van der Waals surface area contributed by atoms with E-state index in [1.54, 1.807) is 21.9 Å². The SMILES string of the molecule is O=C(NC1CC1)N1CCC(C(=O)N2CCc3c(cccc3Nc3ccc(C(F)(F)F)cc3F)C2)C1. The van der Waals surface area contributed by atoms with Gasteiger partial charge in [-0.1, -0.05) is 12.1 Å². The number of nitrogens with zero attached hydrogens (tertiary/aromatic N) is 2. The fourth-order valence-corrected chi connectivity index (χ4v) is 4.75. The molecule has 2 fully saturated rings. The molecule has 2 aromatic carbocycles. The second-order valence-electron chi connectivity index (χ2n) is 9.43. The first-order chi connectivity index (χ1) is 16.7. The Morgan fingerprint density at radius 3 is 2.49 bits per heavy atom. The van der Waals surface area contributed by atoms with Crippen LogP contribution in [-0.2, 0) is 23.9 Å². The van der Waals surface area contributed by atoms with E-state index in [1.807, 2.05) is 6.07 Å². The van der Waals surface area contributed by atoms with E-state index in [2.05, 4.69) is 10.6 Å². The first-order valence-corrected chi connectivity index (χ1v) is 11.8. The Labute approximate surface area is 200 Å². The van der Waals surface area contributed by atoms with Gasteiger partial charge in [0, 0.05) is 37.9 Å². The molecule has 1 saturated heterocycles. The van der Waals surface area contributed by atoms with Gasteiger partial charge < -0.3 is 20.4 Å². The first-order valence-electron chi connectivity index (χ1n) is 11.8. The molecule has 2 aliphatic heterocycles. The number of carbonyl (C=O) groups excluding carboxylic acids is 2. The molecule has 0 bridgehead atoms. The van der Waals surface area contributed by atoms with Crippen LogP contribution < -0.4 is 10.6 Å². The minimum Gasteiger partial charge on any atom is -0.353 e. The number of carbonyl (C=O) groups is 2. The molecule has 1 saturated carbocycles. The van der Waals surface area contributed by atoms with Crippen LogP contribution in [0.5, 0.6) is 0 Å².